The first-order valence-electron chi connectivity index (χ1n) is 8.86. The molecule has 0 unspecified atom stereocenters. The number of amides is 1. The number of halogens is 1. The fraction of sp³-hybridized carbons (Fsp3) is 0.182. The molecule has 5 nitrogen and oxygen atoms in total. The SMILES string of the molecule is Cc1ccccc1CN1C(=O)[C@@](O)(CC(=O)c2ccco2)c2cc(Cl)ccc21. The zero-order valence-electron chi connectivity index (χ0n) is 15.2. The van der Waals surface area contributed by atoms with E-state index in [9.17, 15) is 14.7 Å². The number of furan rings is 1. The lowest BCUT2D eigenvalue weighted by Crippen LogP contribution is -2.41. The minimum Gasteiger partial charge on any atom is -0.461 e. The van der Waals surface area contributed by atoms with Crippen LogP contribution in [-0.2, 0) is 16.9 Å². The number of ketones is 1. The topological polar surface area (TPSA) is 70.8 Å². The number of carbonyl (C=O) groups is 2. The Morgan fingerprint density at radius 2 is 1.96 bits per heavy atom. The van der Waals surface area contributed by atoms with E-state index in [1.54, 1.807) is 24.3 Å². The minimum atomic E-state index is -1.99. The Hall–Kier alpha value is -2.89. The molecular weight excluding hydrogens is 378 g/mol. The summed E-state index contributed by atoms with van der Waals surface area (Å²) in [7, 11) is 0. The van der Waals surface area contributed by atoms with Gasteiger partial charge in [0.1, 0.15) is 0 Å². The second kappa shape index (κ2) is 6.93. The zero-order chi connectivity index (χ0) is 19.9. The van der Waals surface area contributed by atoms with Gasteiger partial charge in [0.2, 0.25) is 5.78 Å². The maximum atomic E-state index is 13.3. The van der Waals surface area contributed by atoms with Crippen LogP contribution in [0.5, 0.6) is 0 Å². The molecule has 3 aromatic rings. The van der Waals surface area contributed by atoms with E-state index in [1.165, 1.54) is 17.2 Å². The minimum absolute atomic E-state index is 0.0992. The maximum absolute atomic E-state index is 13.3. The van der Waals surface area contributed by atoms with Crippen LogP contribution in [0.3, 0.4) is 0 Å². The molecule has 2 aromatic carbocycles. The Bertz CT molecular complexity index is 1060. The van der Waals surface area contributed by atoms with E-state index < -0.39 is 23.7 Å². The number of nitrogens with zero attached hydrogens (tertiary/aromatic N) is 1. The Labute approximate surface area is 167 Å². The van der Waals surface area contributed by atoms with E-state index in [1.807, 2.05) is 31.2 Å². The monoisotopic (exact) mass is 395 g/mol. The van der Waals surface area contributed by atoms with Crippen molar-refractivity contribution >= 4 is 29.0 Å². The highest BCUT2D eigenvalue weighted by atomic mass is 35.5. The van der Waals surface area contributed by atoms with Gasteiger partial charge in [0.15, 0.2) is 11.4 Å². The van der Waals surface area contributed by atoms with E-state index in [0.717, 1.165) is 11.1 Å². The molecule has 1 atom stereocenters. The van der Waals surface area contributed by atoms with Crippen molar-refractivity contribution in [3.8, 4) is 0 Å². The van der Waals surface area contributed by atoms with E-state index in [2.05, 4.69) is 0 Å². The van der Waals surface area contributed by atoms with Crippen molar-refractivity contribution in [1.29, 1.82) is 0 Å². The largest absolute Gasteiger partial charge is 0.461 e. The molecule has 1 aromatic heterocycles. The second-order valence-corrected chi connectivity index (χ2v) is 7.35. The number of fused-ring (bicyclic) bond motifs is 1. The number of Topliss-reactive ketones (excluding diaryl/α,β-unsaturated/α-hetero) is 1. The number of hydrogen-bond donors (Lipinski definition) is 1. The first-order chi connectivity index (χ1) is 13.4. The average molecular weight is 396 g/mol. The third-order valence-corrected chi connectivity index (χ3v) is 5.33. The van der Waals surface area contributed by atoms with Crippen LogP contribution in [0.2, 0.25) is 5.02 Å². The molecule has 0 saturated heterocycles. The lowest BCUT2D eigenvalue weighted by molar-refractivity contribution is -0.136. The lowest BCUT2D eigenvalue weighted by atomic mass is 9.89. The molecule has 1 aliphatic rings. The Morgan fingerprint density at radius 1 is 1.18 bits per heavy atom. The smallest absolute Gasteiger partial charge is 0.264 e. The van der Waals surface area contributed by atoms with Crippen molar-refractivity contribution in [3.05, 3.63) is 88.3 Å². The molecule has 142 valence electrons. The number of rotatable bonds is 5. The molecular formula is C22H18ClNO4. The first-order valence-corrected chi connectivity index (χ1v) is 9.23. The van der Waals surface area contributed by atoms with Gasteiger partial charge in [0.25, 0.3) is 5.91 Å². The van der Waals surface area contributed by atoms with Crippen LogP contribution < -0.4 is 4.90 Å². The summed E-state index contributed by atoms with van der Waals surface area (Å²) in [6.07, 6.45) is 0.958. The summed E-state index contributed by atoms with van der Waals surface area (Å²) in [6.45, 7) is 2.25. The van der Waals surface area contributed by atoms with Crippen molar-refractivity contribution < 1.29 is 19.1 Å². The average Bonchev–Trinajstić information content (AvgIpc) is 3.27. The first kappa shape index (κ1) is 18.5. The Morgan fingerprint density at radius 3 is 2.68 bits per heavy atom. The van der Waals surface area contributed by atoms with Crippen molar-refractivity contribution in [2.24, 2.45) is 0 Å². The number of hydrogen-bond acceptors (Lipinski definition) is 4. The highest BCUT2D eigenvalue weighted by Crippen LogP contribution is 2.44. The van der Waals surface area contributed by atoms with Crippen LogP contribution in [0.1, 0.15) is 33.7 Å². The molecule has 1 amide bonds. The summed E-state index contributed by atoms with van der Waals surface area (Å²) in [6, 6.07) is 15.7. The molecule has 1 aliphatic heterocycles. The maximum Gasteiger partial charge on any atom is 0.264 e. The number of aliphatic hydroxyl groups is 1. The predicted molar refractivity (Wildman–Crippen MR) is 105 cm³/mol. The molecule has 28 heavy (non-hydrogen) atoms. The van der Waals surface area contributed by atoms with Gasteiger partial charge in [0, 0.05) is 10.6 Å². The summed E-state index contributed by atoms with van der Waals surface area (Å²) >= 11 is 6.12. The summed E-state index contributed by atoms with van der Waals surface area (Å²) in [5.41, 5.74) is 0.879. The second-order valence-electron chi connectivity index (χ2n) is 6.92. The molecule has 0 bridgehead atoms. The molecule has 0 fully saturated rings. The van der Waals surface area contributed by atoms with Crippen molar-refractivity contribution in [1.82, 2.24) is 0 Å². The van der Waals surface area contributed by atoms with Crippen molar-refractivity contribution in [3.63, 3.8) is 0 Å². The highest BCUT2D eigenvalue weighted by molar-refractivity contribution is 6.31. The summed E-state index contributed by atoms with van der Waals surface area (Å²) < 4.78 is 5.12. The van der Waals surface area contributed by atoms with Crippen LogP contribution >= 0.6 is 11.6 Å². The standard InChI is InChI=1S/C22H18ClNO4/c1-14-5-2-3-6-15(14)13-24-18-9-8-16(23)11-17(18)22(27,21(24)26)12-19(25)20-7-4-10-28-20/h2-11,27H,12-13H2,1H3/t22-/m1/s1. The van der Waals surface area contributed by atoms with Crippen molar-refractivity contribution in [2.75, 3.05) is 4.90 Å². The van der Waals surface area contributed by atoms with Crippen molar-refractivity contribution in [2.45, 2.75) is 25.5 Å². The molecule has 6 heteroatoms. The number of benzene rings is 2. The van der Waals surface area contributed by atoms with E-state index in [-0.39, 0.29) is 12.3 Å². The van der Waals surface area contributed by atoms with Crippen LogP contribution in [0.15, 0.2) is 65.3 Å². The molecule has 4 rings (SSSR count). The number of aryl methyl sites for hydroxylation is 1. The predicted octanol–water partition coefficient (Wildman–Crippen LogP) is 4.25. The van der Waals surface area contributed by atoms with Crippen LogP contribution in [0.4, 0.5) is 5.69 Å². The molecule has 0 saturated carbocycles. The molecule has 0 aliphatic carbocycles. The summed E-state index contributed by atoms with van der Waals surface area (Å²) in [5, 5.41) is 11.7. The fourth-order valence-electron chi connectivity index (χ4n) is 3.57. The van der Waals surface area contributed by atoms with Gasteiger partial charge < -0.3 is 14.4 Å². The Balaban J connectivity index is 1.74. The normalized spacial score (nSPS) is 18.4. The van der Waals surface area contributed by atoms with Gasteiger partial charge in [-0.05, 0) is 48.4 Å². The van der Waals surface area contributed by atoms with Crippen LogP contribution in [0, 0.1) is 6.92 Å². The number of anilines is 1. The van der Waals surface area contributed by atoms with Gasteiger partial charge >= 0.3 is 0 Å². The van der Waals surface area contributed by atoms with Crippen LogP contribution in [0.25, 0.3) is 0 Å². The van der Waals surface area contributed by atoms with Crippen LogP contribution in [-0.4, -0.2) is 16.8 Å². The van der Waals surface area contributed by atoms with Gasteiger partial charge in [0.05, 0.1) is 24.9 Å². The fourth-order valence-corrected chi connectivity index (χ4v) is 3.74. The number of carbonyl (C=O) groups excluding carboxylic acids is 2. The summed E-state index contributed by atoms with van der Waals surface area (Å²) in [4.78, 5) is 27.3. The molecule has 2 heterocycles. The van der Waals surface area contributed by atoms with Gasteiger partial charge in [-0.2, -0.15) is 0 Å². The zero-order valence-corrected chi connectivity index (χ0v) is 15.9. The van der Waals surface area contributed by atoms with E-state index in [0.29, 0.717) is 16.3 Å². The third-order valence-electron chi connectivity index (χ3n) is 5.10. The van der Waals surface area contributed by atoms with Gasteiger partial charge in [-0.3, -0.25) is 9.59 Å². The lowest BCUT2D eigenvalue weighted by Gasteiger charge is -2.23. The molecule has 0 spiro atoms. The third kappa shape index (κ3) is 3.03. The Kier molecular flexibility index (Phi) is 4.57. The van der Waals surface area contributed by atoms with Gasteiger partial charge in [-0.15, -0.1) is 0 Å². The highest BCUT2D eigenvalue weighted by Gasteiger charge is 2.51. The molecule has 1 N–H and O–H groups in total. The quantitative estimate of drug-likeness (QED) is 0.655. The molecule has 0 radical (unpaired) electrons. The van der Waals surface area contributed by atoms with E-state index in [4.69, 9.17) is 16.0 Å². The van der Waals surface area contributed by atoms with E-state index >= 15 is 0 Å². The van der Waals surface area contributed by atoms with Gasteiger partial charge in [-0.1, -0.05) is 35.9 Å². The van der Waals surface area contributed by atoms with Gasteiger partial charge in [-0.25, -0.2) is 0 Å². The summed E-state index contributed by atoms with van der Waals surface area (Å²) in [5.74, 6) is -0.903.